The summed E-state index contributed by atoms with van der Waals surface area (Å²) in [5.74, 6) is -0.965. The van der Waals surface area contributed by atoms with Gasteiger partial charge in [0.2, 0.25) is 5.91 Å². The van der Waals surface area contributed by atoms with Crippen molar-refractivity contribution in [3.63, 3.8) is 0 Å². The largest absolute Gasteiger partial charge is 0.334 e. The van der Waals surface area contributed by atoms with Crippen LogP contribution in [0.25, 0.3) is 0 Å². The summed E-state index contributed by atoms with van der Waals surface area (Å²) in [5, 5.41) is 4.79. The second-order valence-electron chi connectivity index (χ2n) is 7.04. The standard InChI is InChI=1S/C21H25N3O3S/c1-15-6-3-7-16(2)19(15)22-18(25)14-23-9-5-10-24(12-11-23)21(27)20(26)17-8-4-13-28-17/h3-4,6-8,13H,5,9-12,14H2,1-2H3,(H,22,25). The molecule has 6 nitrogen and oxygen atoms in total. The van der Waals surface area contributed by atoms with Crippen LogP contribution in [0.5, 0.6) is 0 Å². The molecule has 28 heavy (non-hydrogen) atoms. The van der Waals surface area contributed by atoms with Crippen molar-refractivity contribution in [2.75, 3.05) is 38.0 Å². The summed E-state index contributed by atoms with van der Waals surface area (Å²) in [4.78, 5) is 41.4. The molecule has 0 saturated carbocycles. The number of thiophene rings is 1. The van der Waals surface area contributed by atoms with Gasteiger partial charge in [-0.05, 0) is 42.8 Å². The number of aryl methyl sites for hydroxylation is 2. The van der Waals surface area contributed by atoms with E-state index >= 15 is 0 Å². The average molecular weight is 400 g/mol. The van der Waals surface area contributed by atoms with Crippen LogP contribution in [0, 0.1) is 13.8 Å². The highest BCUT2D eigenvalue weighted by Crippen LogP contribution is 2.19. The molecule has 0 bridgehead atoms. The number of nitrogens with one attached hydrogen (secondary N) is 1. The number of benzene rings is 1. The molecule has 1 aliphatic heterocycles. The van der Waals surface area contributed by atoms with E-state index in [0.717, 1.165) is 29.8 Å². The maximum atomic E-state index is 12.5. The van der Waals surface area contributed by atoms with Crippen LogP contribution in [0.15, 0.2) is 35.7 Å². The number of hydrogen-bond donors (Lipinski definition) is 1. The first kappa shape index (κ1) is 20.2. The summed E-state index contributed by atoms with van der Waals surface area (Å²) >= 11 is 1.28. The average Bonchev–Trinajstić information content (AvgIpc) is 3.11. The lowest BCUT2D eigenvalue weighted by Crippen LogP contribution is -2.40. The van der Waals surface area contributed by atoms with Crippen molar-refractivity contribution < 1.29 is 14.4 Å². The molecule has 1 aromatic carbocycles. The fourth-order valence-corrected chi connectivity index (χ4v) is 4.04. The Morgan fingerprint density at radius 2 is 1.75 bits per heavy atom. The Hall–Kier alpha value is -2.51. The van der Waals surface area contributed by atoms with Gasteiger partial charge in [-0.15, -0.1) is 11.3 Å². The maximum absolute atomic E-state index is 12.5. The smallest absolute Gasteiger partial charge is 0.295 e. The summed E-state index contributed by atoms with van der Waals surface area (Å²) in [6, 6.07) is 9.36. The number of nitrogens with zero attached hydrogens (tertiary/aromatic N) is 2. The number of carbonyl (C=O) groups is 3. The molecule has 1 aromatic heterocycles. The van der Waals surface area contributed by atoms with Crippen molar-refractivity contribution in [3.8, 4) is 0 Å². The van der Waals surface area contributed by atoms with E-state index in [-0.39, 0.29) is 12.5 Å². The summed E-state index contributed by atoms with van der Waals surface area (Å²) in [5.41, 5.74) is 2.93. The first-order valence-electron chi connectivity index (χ1n) is 9.41. The van der Waals surface area contributed by atoms with Gasteiger partial charge in [0.05, 0.1) is 11.4 Å². The molecule has 1 aliphatic rings. The third-order valence-electron chi connectivity index (χ3n) is 4.93. The molecule has 2 amide bonds. The van der Waals surface area contributed by atoms with Crippen LogP contribution < -0.4 is 5.32 Å². The second kappa shape index (κ2) is 9.12. The van der Waals surface area contributed by atoms with Crippen LogP contribution in [0.4, 0.5) is 5.69 Å². The highest BCUT2D eigenvalue weighted by molar-refractivity contribution is 7.13. The fraction of sp³-hybridized carbons (Fsp3) is 0.381. The van der Waals surface area contributed by atoms with Gasteiger partial charge in [0.15, 0.2) is 0 Å². The van der Waals surface area contributed by atoms with Crippen molar-refractivity contribution in [1.82, 2.24) is 9.80 Å². The Kier molecular flexibility index (Phi) is 6.59. The van der Waals surface area contributed by atoms with E-state index in [0.29, 0.717) is 24.5 Å². The number of amides is 2. The number of ketones is 1. The van der Waals surface area contributed by atoms with Gasteiger partial charge >= 0.3 is 0 Å². The van der Waals surface area contributed by atoms with Gasteiger partial charge in [0, 0.05) is 31.9 Å². The third-order valence-corrected chi connectivity index (χ3v) is 5.80. The summed E-state index contributed by atoms with van der Waals surface area (Å²) in [6.07, 6.45) is 0.736. The van der Waals surface area contributed by atoms with Gasteiger partial charge in [0.1, 0.15) is 0 Å². The van der Waals surface area contributed by atoms with E-state index in [1.165, 1.54) is 11.3 Å². The first-order chi connectivity index (χ1) is 13.5. The lowest BCUT2D eigenvalue weighted by Gasteiger charge is -2.21. The number of anilines is 1. The van der Waals surface area contributed by atoms with E-state index < -0.39 is 11.7 Å². The molecule has 2 heterocycles. The zero-order valence-electron chi connectivity index (χ0n) is 16.2. The highest BCUT2D eigenvalue weighted by atomic mass is 32.1. The predicted octanol–water partition coefficient (Wildman–Crippen LogP) is 2.72. The minimum absolute atomic E-state index is 0.0631. The van der Waals surface area contributed by atoms with Crippen molar-refractivity contribution in [2.24, 2.45) is 0 Å². The minimum Gasteiger partial charge on any atom is -0.334 e. The molecule has 0 radical (unpaired) electrons. The molecule has 148 valence electrons. The van der Waals surface area contributed by atoms with Crippen molar-refractivity contribution >= 4 is 34.6 Å². The maximum Gasteiger partial charge on any atom is 0.295 e. The molecule has 1 N–H and O–H groups in total. The molecular weight excluding hydrogens is 374 g/mol. The molecule has 0 spiro atoms. The van der Waals surface area contributed by atoms with Gasteiger partial charge in [0.25, 0.3) is 11.7 Å². The Morgan fingerprint density at radius 1 is 1.00 bits per heavy atom. The third kappa shape index (κ3) is 4.85. The van der Waals surface area contributed by atoms with Gasteiger partial charge in [-0.25, -0.2) is 0 Å². The zero-order chi connectivity index (χ0) is 20.1. The lowest BCUT2D eigenvalue weighted by molar-refractivity contribution is -0.126. The van der Waals surface area contributed by atoms with Crippen LogP contribution in [0.1, 0.15) is 27.2 Å². The zero-order valence-corrected chi connectivity index (χ0v) is 17.1. The van der Waals surface area contributed by atoms with E-state index in [1.807, 2.05) is 36.9 Å². The molecule has 7 heteroatoms. The number of rotatable bonds is 5. The van der Waals surface area contributed by atoms with Crippen LogP contribution in [-0.2, 0) is 9.59 Å². The van der Waals surface area contributed by atoms with Gasteiger partial charge < -0.3 is 10.2 Å². The van der Waals surface area contributed by atoms with Crippen LogP contribution >= 0.6 is 11.3 Å². The van der Waals surface area contributed by atoms with Crippen LogP contribution in [0.3, 0.4) is 0 Å². The number of carbonyl (C=O) groups excluding carboxylic acids is 3. The van der Waals surface area contributed by atoms with E-state index in [1.54, 1.807) is 22.4 Å². The number of Topliss-reactive ketones (excluding diaryl/α,β-unsaturated/α-hetero) is 1. The van der Waals surface area contributed by atoms with Crippen molar-refractivity contribution in [2.45, 2.75) is 20.3 Å². The van der Waals surface area contributed by atoms with Crippen LogP contribution in [0.2, 0.25) is 0 Å². The van der Waals surface area contributed by atoms with Crippen molar-refractivity contribution in [1.29, 1.82) is 0 Å². The highest BCUT2D eigenvalue weighted by Gasteiger charge is 2.26. The molecule has 2 aromatic rings. The molecule has 0 unspecified atom stereocenters. The van der Waals surface area contributed by atoms with E-state index in [9.17, 15) is 14.4 Å². The number of hydrogen-bond acceptors (Lipinski definition) is 5. The molecule has 1 fully saturated rings. The lowest BCUT2D eigenvalue weighted by atomic mass is 10.1. The summed E-state index contributed by atoms with van der Waals surface area (Å²) in [7, 11) is 0. The monoisotopic (exact) mass is 399 g/mol. The van der Waals surface area contributed by atoms with Gasteiger partial charge in [-0.1, -0.05) is 24.3 Å². The van der Waals surface area contributed by atoms with Gasteiger partial charge in [-0.2, -0.15) is 0 Å². The molecule has 0 atom stereocenters. The number of para-hydroxylation sites is 1. The SMILES string of the molecule is Cc1cccc(C)c1NC(=O)CN1CCCN(C(=O)C(=O)c2cccs2)CC1. The van der Waals surface area contributed by atoms with Gasteiger partial charge in [-0.3, -0.25) is 19.3 Å². The topological polar surface area (TPSA) is 69.7 Å². The molecule has 0 aliphatic carbocycles. The molecule has 1 saturated heterocycles. The first-order valence-corrected chi connectivity index (χ1v) is 10.3. The molecular formula is C21H25N3O3S. The van der Waals surface area contributed by atoms with Crippen LogP contribution in [-0.4, -0.2) is 60.1 Å². The second-order valence-corrected chi connectivity index (χ2v) is 7.99. The Bertz CT molecular complexity index is 844. The Labute approximate surface area is 169 Å². The normalized spacial score (nSPS) is 15.1. The molecule has 3 rings (SSSR count). The quantitative estimate of drug-likeness (QED) is 0.620. The Morgan fingerprint density at radius 3 is 2.43 bits per heavy atom. The fourth-order valence-electron chi connectivity index (χ4n) is 3.38. The minimum atomic E-state index is -0.454. The summed E-state index contributed by atoms with van der Waals surface area (Å²) < 4.78 is 0. The predicted molar refractivity (Wildman–Crippen MR) is 111 cm³/mol. The Balaban J connectivity index is 1.54. The van der Waals surface area contributed by atoms with Crippen molar-refractivity contribution in [3.05, 3.63) is 51.7 Å². The van der Waals surface area contributed by atoms with E-state index in [4.69, 9.17) is 0 Å². The summed E-state index contributed by atoms with van der Waals surface area (Å²) in [6.45, 7) is 6.50. The van der Waals surface area contributed by atoms with E-state index in [2.05, 4.69) is 5.32 Å².